The first-order valence-corrected chi connectivity index (χ1v) is 4.80. The predicted octanol–water partition coefficient (Wildman–Crippen LogP) is -0.0694. The van der Waals surface area contributed by atoms with E-state index in [0.717, 1.165) is 5.56 Å². The Bertz CT molecular complexity index is 415. The molecule has 1 aromatic carbocycles. The summed E-state index contributed by atoms with van der Waals surface area (Å²) < 4.78 is 4.68. The molecule has 0 spiro atoms. The van der Waals surface area contributed by atoms with E-state index in [1.165, 1.54) is 0 Å². The predicted molar refractivity (Wildman–Crippen MR) is 56.9 cm³/mol. The van der Waals surface area contributed by atoms with Gasteiger partial charge in [0.15, 0.2) is 0 Å². The van der Waals surface area contributed by atoms with Gasteiger partial charge in [0.05, 0.1) is 0 Å². The molecule has 0 unspecified atom stereocenters. The summed E-state index contributed by atoms with van der Waals surface area (Å²) in [6.07, 6.45) is 0. The van der Waals surface area contributed by atoms with Gasteiger partial charge >= 0.3 is 17.8 Å². The Morgan fingerprint density at radius 2 is 1.82 bits per heavy atom. The van der Waals surface area contributed by atoms with Crippen molar-refractivity contribution in [1.29, 1.82) is 0 Å². The normalized spacial score (nSPS) is 9.41. The third-order valence-electron chi connectivity index (χ3n) is 1.80. The van der Waals surface area contributed by atoms with Gasteiger partial charge in [-0.3, -0.25) is 9.59 Å². The van der Waals surface area contributed by atoms with Crippen molar-refractivity contribution in [2.24, 2.45) is 0 Å². The molecular formula is C11H11NO5. The van der Waals surface area contributed by atoms with Crippen LogP contribution in [-0.4, -0.2) is 29.5 Å². The molecule has 0 radical (unpaired) electrons. The quantitative estimate of drug-likeness (QED) is 0.565. The maximum Gasteiger partial charge on any atom is 0.397 e. The summed E-state index contributed by atoms with van der Waals surface area (Å²) in [4.78, 5) is 32.3. The Balaban J connectivity index is 2.34. The first kappa shape index (κ1) is 12.7. The van der Waals surface area contributed by atoms with Crippen LogP contribution in [0.2, 0.25) is 0 Å². The summed E-state index contributed by atoms with van der Waals surface area (Å²) in [6, 6.07) is 8.83. The molecule has 0 aromatic heterocycles. The molecule has 2 N–H and O–H groups in total. The van der Waals surface area contributed by atoms with Crippen LogP contribution in [0.1, 0.15) is 5.56 Å². The molecule has 0 atom stereocenters. The van der Waals surface area contributed by atoms with Crippen molar-refractivity contribution < 1.29 is 24.2 Å². The lowest BCUT2D eigenvalue weighted by atomic mass is 10.2. The highest BCUT2D eigenvalue weighted by atomic mass is 16.5. The minimum atomic E-state index is -1.23. The number of benzene rings is 1. The zero-order valence-electron chi connectivity index (χ0n) is 8.88. The summed E-state index contributed by atoms with van der Waals surface area (Å²) in [5.41, 5.74) is 0.742. The Morgan fingerprint density at radius 3 is 2.41 bits per heavy atom. The van der Waals surface area contributed by atoms with Crippen molar-refractivity contribution >= 4 is 17.8 Å². The number of carboxylic acids is 1. The number of nitrogens with one attached hydrogen (secondary N) is 1. The number of carbonyl (C=O) groups is 3. The molecule has 1 rings (SSSR count). The van der Waals surface area contributed by atoms with Crippen LogP contribution in [0.5, 0.6) is 0 Å². The molecule has 17 heavy (non-hydrogen) atoms. The second-order valence-electron chi connectivity index (χ2n) is 3.14. The number of esters is 1. The van der Waals surface area contributed by atoms with Crippen LogP contribution in [0.3, 0.4) is 0 Å². The third-order valence-corrected chi connectivity index (χ3v) is 1.80. The number of ether oxygens (including phenoxy) is 1. The first-order valence-electron chi connectivity index (χ1n) is 4.80. The molecule has 0 aliphatic rings. The van der Waals surface area contributed by atoms with Gasteiger partial charge in [-0.05, 0) is 5.56 Å². The Kier molecular flexibility index (Phi) is 4.68. The molecule has 0 saturated heterocycles. The molecule has 0 heterocycles. The summed E-state index contributed by atoms with van der Waals surface area (Å²) in [6.45, 7) is -0.639. The number of aliphatic carboxylic acids is 1. The maximum absolute atomic E-state index is 11.1. The number of amides is 1. The molecule has 6 nitrogen and oxygen atoms in total. The molecule has 0 saturated carbocycles. The lowest BCUT2D eigenvalue weighted by Crippen LogP contribution is -2.35. The van der Waals surface area contributed by atoms with Crippen molar-refractivity contribution in [2.45, 2.75) is 6.61 Å². The molecule has 1 amide bonds. The van der Waals surface area contributed by atoms with Gasteiger partial charge in [-0.25, -0.2) is 4.79 Å². The standard InChI is InChI=1S/C11H11NO5/c13-9(14)6-12-10(15)11(16)17-7-8-4-2-1-3-5-8/h1-5H,6-7H2,(H,12,15)(H,13,14). The van der Waals surface area contributed by atoms with Crippen molar-refractivity contribution in [3.05, 3.63) is 35.9 Å². The SMILES string of the molecule is O=C(O)CNC(=O)C(=O)OCc1ccccc1. The zero-order chi connectivity index (χ0) is 12.7. The molecule has 0 aliphatic heterocycles. The van der Waals surface area contributed by atoms with Crippen molar-refractivity contribution in [3.8, 4) is 0 Å². The highest BCUT2D eigenvalue weighted by Gasteiger charge is 2.15. The Hall–Kier alpha value is -2.37. The summed E-state index contributed by atoms with van der Waals surface area (Å²) in [7, 11) is 0. The van der Waals surface area contributed by atoms with E-state index in [4.69, 9.17) is 5.11 Å². The van der Waals surface area contributed by atoms with Gasteiger partial charge in [0, 0.05) is 0 Å². The largest absolute Gasteiger partial charge is 0.480 e. The average molecular weight is 237 g/mol. The van der Waals surface area contributed by atoms with E-state index in [1.54, 1.807) is 24.3 Å². The fourth-order valence-corrected chi connectivity index (χ4v) is 1.02. The monoisotopic (exact) mass is 237 g/mol. The van der Waals surface area contributed by atoms with Crippen LogP contribution < -0.4 is 5.32 Å². The summed E-state index contributed by atoms with van der Waals surface area (Å²) in [5.74, 6) is -3.40. The Labute approximate surface area is 97.2 Å². The van der Waals surface area contributed by atoms with Crippen LogP contribution >= 0.6 is 0 Å². The van der Waals surface area contributed by atoms with Crippen LogP contribution in [0.4, 0.5) is 0 Å². The topological polar surface area (TPSA) is 92.7 Å². The summed E-state index contributed by atoms with van der Waals surface area (Å²) in [5, 5.41) is 10.2. The summed E-state index contributed by atoms with van der Waals surface area (Å²) >= 11 is 0. The minimum absolute atomic E-state index is 0.0276. The number of hydrogen-bond acceptors (Lipinski definition) is 4. The van der Waals surface area contributed by atoms with Crippen molar-refractivity contribution in [3.63, 3.8) is 0 Å². The molecule has 0 aliphatic carbocycles. The fourth-order valence-electron chi connectivity index (χ4n) is 1.02. The number of rotatable bonds is 4. The van der Waals surface area contributed by atoms with E-state index < -0.39 is 24.4 Å². The van der Waals surface area contributed by atoms with E-state index >= 15 is 0 Å². The number of carboxylic acid groups (broad SMARTS) is 1. The van der Waals surface area contributed by atoms with Gasteiger partial charge in [0.2, 0.25) is 0 Å². The van der Waals surface area contributed by atoms with Crippen LogP contribution in [0.25, 0.3) is 0 Å². The second-order valence-corrected chi connectivity index (χ2v) is 3.14. The first-order chi connectivity index (χ1) is 8.09. The van der Waals surface area contributed by atoms with Crippen LogP contribution in [-0.2, 0) is 25.7 Å². The van der Waals surface area contributed by atoms with Gasteiger partial charge in [0.1, 0.15) is 13.2 Å². The van der Waals surface area contributed by atoms with E-state index in [9.17, 15) is 14.4 Å². The Morgan fingerprint density at radius 1 is 1.18 bits per heavy atom. The van der Waals surface area contributed by atoms with Gasteiger partial charge in [-0.2, -0.15) is 0 Å². The van der Waals surface area contributed by atoms with E-state index in [0.29, 0.717) is 0 Å². The van der Waals surface area contributed by atoms with Gasteiger partial charge < -0.3 is 15.2 Å². The minimum Gasteiger partial charge on any atom is -0.480 e. The van der Waals surface area contributed by atoms with E-state index in [-0.39, 0.29) is 6.61 Å². The lowest BCUT2D eigenvalue weighted by Gasteiger charge is -2.04. The molecule has 6 heteroatoms. The van der Waals surface area contributed by atoms with Crippen LogP contribution in [0.15, 0.2) is 30.3 Å². The van der Waals surface area contributed by atoms with Crippen molar-refractivity contribution in [2.75, 3.05) is 6.54 Å². The van der Waals surface area contributed by atoms with Gasteiger partial charge in [0.25, 0.3) is 0 Å². The van der Waals surface area contributed by atoms with E-state index in [2.05, 4.69) is 4.74 Å². The lowest BCUT2D eigenvalue weighted by molar-refractivity contribution is -0.156. The average Bonchev–Trinajstić information content (AvgIpc) is 2.34. The number of hydrogen-bond donors (Lipinski definition) is 2. The second kappa shape index (κ2) is 6.26. The van der Waals surface area contributed by atoms with Crippen molar-refractivity contribution in [1.82, 2.24) is 5.32 Å². The molecular weight excluding hydrogens is 226 g/mol. The fraction of sp³-hybridized carbons (Fsp3) is 0.182. The molecule has 0 bridgehead atoms. The van der Waals surface area contributed by atoms with Gasteiger partial charge in [-0.15, -0.1) is 0 Å². The number of carbonyl (C=O) groups excluding carboxylic acids is 2. The van der Waals surface area contributed by atoms with E-state index in [1.807, 2.05) is 11.4 Å². The zero-order valence-corrected chi connectivity index (χ0v) is 8.88. The smallest absolute Gasteiger partial charge is 0.397 e. The van der Waals surface area contributed by atoms with Crippen LogP contribution in [0, 0.1) is 0 Å². The highest BCUT2D eigenvalue weighted by Crippen LogP contribution is 2.00. The molecule has 90 valence electrons. The third kappa shape index (κ3) is 4.78. The van der Waals surface area contributed by atoms with Gasteiger partial charge in [-0.1, -0.05) is 30.3 Å². The maximum atomic E-state index is 11.1. The molecule has 0 fully saturated rings. The highest BCUT2D eigenvalue weighted by molar-refractivity contribution is 6.32. The molecule has 1 aromatic rings.